The van der Waals surface area contributed by atoms with Crippen LogP contribution in [0.1, 0.15) is 27.8 Å². The van der Waals surface area contributed by atoms with Crippen molar-refractivity contribution >= 4 is 5.57 Å². The summed E-state index contributed by atoms with van der Waals surface area (Å²) in [7, 11) is 0. The molecule has 190 valence electrons. The molecule has 38 heavy (non-hydrogen) atoms. The van der Waals surface area contributed by atoms with E-state index in [1.165, 1.54) is 6.07 Å². The number of phenolic OH excluding ortho intramolecular Hbond substituents is 5. The van der Waals surface area contributed by atoms with E-state index in [-0.39, 0.29) is 34.8 Å². The molecule has 4 aliphatic rings. The molecule has 4 aromatic rings. The average molecular weight is 506 g/mol. The van der Waals surface area contributed by atoms with E-state index < -0.39 is 5.41 Å². The van der Waals surface area contributed by atoms with Crippen LogP contribution in [0.4, 0.5) is 0 Å². The van der Waals surface area contributed by atoms with Gasteiger partial charge in [0.2, 0.25) is 0 Å². The van der Waals surface area contributed by atoms with Crippen molar-refractivity contribution in [2.24, 2.45) is 0 Å². The third-order valence-corrected chi connectivity index (χ3v) is 8.52. The number of rotatable bonds is 1. The van der Waals surface area contributed by atoms with Gasteiger partial charge in [-0.25, -0.2) is 0 Å². The van der Waals surface area contributed by atoms with E-state index in [0.29, 0.717) is 37.1 Å². The summed E-state index contributed by atoms with van der Waals surface area (Å²) >= 11 is 0. The van der Waals surface area contributed by atoms with Crippen molar-refractivity contribution in [3.8, 4) is 39.9 Å². The van der Waals surface area contributed by atoms with Crippen molar-refractivity contribution < 1.29 is 25.5 Å². The second-order valence-corrected chi connectivity index (χ2v) is 10.6. The van der Waals surface area contributed by atoms with E-state index in [1.807, 2.05) is 36.4 Å². The highest BCUT2D eigenvalue weighted by molar-refractivity contribution is 5.87. The lowest BCUT2D eigenvalue weighted by atomic mass is 9.68. The van der Waals surface area contributed by atoms with E-state index in [0.717, 1.165) is 33.4 Å². The smallest absolute Gasteiger partial charge is 0.162 e. The molecular weight excluding hydrogens is 478 g/mol. The van der Waals surface area contributed by atoms with Crippen LogP contribution in [0.15, 0.2) is 78.9 Å². The largest absolute Gasteiger partial charge is 0.508 e. The molecule has 6 nitrogen and oxygen atoms in total. The maximum absolute atomic E-state index is 11.3. The molecule has 3 aliphatic heterocycles. The van der Waals surface area contributed by atoms with Crippen LogP contribution in [0.5, 0.6) is 28.7 Å². The Morgan fingerprint density at radius 1 is 0.737 bits per heavy atom. The molecule has 6 heteroatoms. The molecule has 4 bridgehead atoms. The fourth-order valence-electron chi connectivity index (χ4n) is 6.87. The van der Waals surface area contributed by atoms with Gasteiger partial charge >= 0.3 is 0 Å². The van der Waals surface area contributed by atoms with Crippen molar-refractivity contribution in [2.75, 3.05) is 13.1 Å². The zero-order valence-electron chi connectivity index (χ0n) is 20.6. The quantitative estimate of drug-likeness (QED) is 0.232. The van der Waals surface area contributed by atoms with Crippen LogP contribution in [0.25, 0.3) is 16.7 Å². The summed E-state index contributed by atoms with van der Waals surface area (Å²) in [6, 6.07) is 21.4. The van der Waals surface area contributed by atoms with Gasteiger partial charge in [0, 0.05) is 30.3 Å². The minimum absolute atomic E-state index is 0.0933. The first kappa shape index (κ1) is 22.8. The first-order valence-corrected chi connectivity index (χ1v) is 12.8. The van der Waals surface area contributed by atoms with Crippen LogP contribution in [-0.2, 0) is 18.3 Å². The summed E-state index contributed by atoms with van der Waals surface area (Å²) in [5, 5.41) is 53.9. The summed E-state index contributed by atoms with van der Waals surface area (Å²) in [4.78, 5) is 2.39. The molecule has 0 saturated heterocycles. The predicted octanol–water partition coefficient (Wildman–Crippen LogP) is 5.05. The Morgan fingerprint density at radius 3 is 2.37 bits per heavy atom. The molecule has 0 radical (unpaired) electrons. The summed E-state index contributed by atoms with van der Waals surface area (Å²) < 4.78 is 0. The number of nitrogens with zero attached hydrogens (tertiary/aromatic N) is 1. The number of phenols is 5. The number of hydrogen-bond acceptors (Lipinski definition) is 6. The fourth-order valence-corrected chi connectivity index (χ4v) is 6.87. The number of hydrogen-bond donors (Lipinski definition) is 5. The standard InChI is InChI=1S/C32H27NO5/c34-22-3-1-2-21(14-22)32-16-20-17-33(29(32)13-19-5-9-27(36)31(38)30(19)32)11-10-18-4-7-25(28(37)12-18)24-8-6-23(35)15-26(20)24/h1-9,12,14-16,29,34-38H,10-11,13,17H2. The number of fused-ring (bicyclic) bond motifs is 6. The van der Waals surface area contributed by atoms with Gasteiger partial charge in [-0.3, -0.25) is 4.90 Å². The van der Waals surface area contributed by atoms with Crippen molar-refractivity contribution in [3.63, 3.8) is 0 Å². The van der Waals surface area contributed by atoms with E-state index in [9.17, 15) is 25.5 Å². The summed E-state index contributed by atoms with van der Waals surface area (Å²) in [5.74, 6) is 0.0834. The van der Waals surface area contributed by atoms with Crippen LogP contribution >= 0.6 is 0 Å². The molecule has 8 rings (SSSR count). The number of benzene rings is 4. The maximum Gasteiger partial charge on any atom is 0.162 e. The molecular formula is C32H27NO5. The van der Waals surface area contributed by atoms with Crippen LogP contribution in [0.2, 0.25) is 0 Å². The van der Waals surface area contributed by atoms with Gasteiger partial charge < -0.3 is 25.5 Å². The van der Waals surface area contributed by atoms with E-state index in [4.69, 9.17) is 0 Å². The molecule has 3 unspecified atom stereocenters. The summed E-state index contributed by atoms with van der Waals surface area (Å²) in [6.07, 6.45) is 3.50. The predicted molar refractivity (Wildman–Crippen MR) is 145 cm³/mol. The lowest BCUT2D eigenvalue weighted by Crippen LogP contribution is -2.52. The van der Waals surface area contributed by atoms with Gasteiger partial charge in [0.1, 0.15) is 17.2 Å². The molecule has 1 aliphatic carbocycles. The van der Waals surface area contributed by atoms with Gasteiger partial charge in [0.05, 0.1) is 5.41 Å². The SMILES string of the molecule is Oc1cccc(C23C=C4CN(CCc5ccc(c(O)c5)-c5ccc(O)cc54)C2Cc2ccc(O)c(O)c23)c1. The van der Waals surface area contributed by atoms with Crippen molar-refractivity contribution in [1.82, 2.24) is 4.90 Å². The Bertz CT molecular complexity index is 1660. The monoisotopic (exact) mass is 505 g/mol. The molecule has 3 atom stereocenters. The van der Waals surface area contributed by atoms with Crippen LogP contribution in [0, 0.1) is 0 Å². The lowest BCUT2D eigenvalue weighted by molar-refractivity contribution is 0.176. The fraction of sp³-hybridized carbons (Fsp3) is 0.188. The minimum atomic E-state index is -0.876. The Hall–Kier alpha value is -4.42. The average Bonchev–Trinajstić information content (AvgIpc) is 3.24. The Labute approximate surface area is 220 Å². The van der Waals surface area contributed by atoms with Gasteiger partial charge in [-0.1, -0.05) is 36.4 Å². The molecule has 0 saturated carbocycles. The molecule has 0 fully saturated rings. The Balaban J connectivity index is 1.59. The summed E-state index contributed by atoms with van der Waals surface area (Å²) in [5.41, 5.74) is 5.71. The summed E-state index contributed by atoms with van der Waals surface area (Å²) in [6.45, 7) is 1.29. The minimum Gasteiger partial charge on any atom is -0.508 e. The molecule has 3 heterocycles. The normalized spacial score (nSPS) is 23.1. The van der Waals surface area contributed by atoms with Gasteiger partial charge in [0.15, 0.2) is 11.5 Å². The van der Waals surface area contributed by atoms with Crippen molar-refractivity contribution in [2.45, 2.75) is 24.3 Å². The highest BCUT2D eigenvalue weighted by atomic mass is 16.3. The molecule has 0 amide bonds. The Kier molecular flexibility index (Phi) is 4.81. The van der Waals surface area contributed by atoms with Crippen LogP contribution in [0.3, 0.4) is 0 Å². The lowest BCUT2D eigenvalue weighted by Gasteiger charge is -2.46. The molecule has 0 spiro atoms. The van der Waals surface area contributed by atoms with Gasteiger partial charge in [0.25, 0.3) is 0 Å². The highest BCUT2D eigenvalue weighted by Gasteiger charge is 2.53. The first-order valence-electron chi connectivity index (χ1n) is 12.8. The van der Waals surface area contributed by atoms with Crippen molar-refractivity contribution in [1.29, 1.82) is 0 Å². The zero-order valence-corrected chi connectivity index (χ0v) is 20.6. The van der Waals surface area contributed by atoms with Gasteiger partial charge in [-0.2, -0.15) is 0 Å². The van der Waals surface area contributed by atoms with Crippen LogP contribution in [-0.4, -0.2) is 49.6 Å². The maximum atomic E-state index is 11.3. The third kappa shape index (κ3) is 3.17. The van der Waals surface area contributed by atoms with Gasteiger partial charge in [-0.15, -0.1) is 0 Å². The van der Waals surface area contributed by atoms with Crippen LogP contribution < -0.4 is 0 Å². The Morgan fingerprint density at radius 2 is 1.55 bits per heavy atom. The van der Waals surface area contributed by atoms with Crippen molar-refractivity contribution in [3.05, 3.63) is 107 Å². The molecule has 4 aromatic carbocycles. The first-order chi connectivity index (χ1) is 18.3. The van der Waals surface area contributed by atoms with E-state index in [1.54, 1.807) is 30.3 Å². The van der Waals surface area contributed by atoms with Gasteiger partial charge in [-0.05, 0) is 88.7 Å². The third-order valence-electron chi connectivity index (χ3n) is 8.52. The zero-order chi connectivity index (χ0) is 26.2. The number of aromatic hydroxyl groups is 5. The van der Waals surface area contributed by atoms with E-state index in [2.05, 4.69) is 11.0 Å². The molecule has 5 N–H and O–H groups in total. The van der Waals surface area contributed by atoms with E-state index >= 15 is 0 Å². The molecule has 0 aromatic heterocycles. The second kappa shape index (κ2) is 8.04. The topological polar surface area (TPSA) is 104 Å². The highest BCUT2D eigenvalue weighted by Crippen LogP contribution is 2.56. The second-order valence-electron chi connectivity index (χ2n) is 10.6.